The van der Waals surface area contributed by atoms with Crippen molar-refractivity contribution >= 4 is 123 Å². The first-order chi connectivity index (χ1) is 60.7. The number of pyridine rings is 2. The molecule has 6 aromatic carbocycles. The minimum absolute atomic E-state index is 0.0152. The first-order valence-corrected chi connectivity index (χ1v) is 47.0. The van der Waals surface area contributed by atoms with Crippen LogP contribution in [0.15, 0.2) is 179 Å². The molecule has 7 aliphatic rings. The van der Waals surface area contributed by atoms with Gasteiger partial charge in [0.1, 0.15) is 34.3 Å². The number of sulfonamides is 2. The number of likely N-dealkylation sites (tertiary alicyclic amines) is 1. The zero-order chi connectivity index (χ0) is 89.4. The standard InChI is InChI=1S/C49H54ClN7O7S.C46H50ClN7O7S/c1-49(2)14-12-35(43(29-49)33-6-8-37(50)9-7-33)31-54-18-20-55(21-19-54)38-10-11-41(45(27-38)64-39-25-34-13-15-51-47(34)52-30-39)48(59)53-65(62,63)40-26-36-22-32(23-42(36)44(28-40)57(60)61)24-46(58)56-16-4-3-5-17-56;1-46(2)13-11-32(40(26-46)30-5-7-34(47)8-6-30)28-52-15-17-53(18-16-52)35-9-10-38(42(24-35)61-36-22-31-12-14-48-44(31)49-27-36)45(56)50-62(59,60)37-23-33-19-29(21-43(55)51(3)4)20-39(33)41(25-37)54(57)58/h6-11,13,15,25-28,30,32H,3-5,12,14,16-24,29,31H2,1-2H3,(H,51,52)(H,53,59);5-10,12,14,22-25,27,29H,11,13,15-21,26,28H2,1-4H3,(H,48,49)(H,50,56)/t32-;29-/m11/s1. The predicted molar refractivity (Wildman–Crippen MR) is 490 cm³/mol. The Morgan fingerprint density at radius 3 is 1.35 bits per heavy atom. The molecule has 0 radical (unpaired) electrons. The summed E-state index contributed by atoms with van der Waals surface area (Å²) in [5, 5.41) is 27.5. The number of benzene rings is 6. The Bertz CT molecular complexity index is 6250. The molecule has 7 heterocycles. The summed E-state index contributed by atoms with van der Waals surface area (Å²) in [6.45, 7) is 18.6. The minimum atomic E-state index is -4.61. The molecule has 17 rings (SSSR count). The fourth-order valence-corrected chi connectivity index (χ4v) is 21.2. The van der Waals surface area contributed by atoms with Crippen molar-refractivity contribution in [3.05, 3.63) is 244 Å². The minimum Gasteiger partial charge on any atom is -0.455 e. The van der Waals surface area contributed by atoms with E-state index in [-0.39, 0.29) is 87.7 Å². The molecule has 0 bridgehead atoms. The van der Waals surface area contributed by atoms with Crippen molar-refractivity contribution in [2.24, 2.45) is 22.7 Å². The lowest BCUT2D eigenvalue weighted by atomic mass is 9.72. The lowest BCUT2D eigenvalue weighted by Crippen LogP contribution is -2.47. The third-order valence-corrected chi connectivity index (χ3v) is 29.0. The highest BCUT2D eigenvalue weighted by Gasteiger charge is 2.39. The van der Waals surface area contributed by atoms with Gasteiger partial charge in [0, 0.05) is 185 Å². The van der Waals surface area contributed by atoms with Crippen LogP contribution < -0.4 is 28.7 Å². The number of nitrogens with zero attached hydrogens (tertiary/aromatic N) is 10. The van der Waals surface area contributed by atoms with Crippen molar-refractivity contribution in [3.63, 3.8) is 0 Å². The van der Waals surface area contributed by atoms with Gasteiger partial charge < -0.3 is 39.0 Å². The summed E-state index contributed by atoms with van der Waals surface area (Å²) < 4.78 is 72.7. The number of nitro groups is 2. The van der Waals surface area contributed by atoms with Gasteiger partial charge in [0.25, 0.3) is 43.2 Å². The van der Waals surface area contributed by atoms with E-state index in [2.05, 4.69) is 101 Å². The van der Waals surface area contributed by atoms with Crippen molar-refractivity contribution in [3.8, 4) is 23.0 Å². The number of anilines is 2. The number of piperazine rings is 2. The number of halogens is 2. The van der Waals surface area contributed by atoms with E-state index in [1.54, 1.807) is 69.0 Å². The number of nitro benzene ring substituents is 2. The molecular formula is C95H104Cl2N14O14S2. The quantitative estimate of drug-likeness (QED) is 0.0322. The second-order valence-corrected chi connectivity index (χ2v) is 40.6. The average molecular weight is 1800 g/mol. The van der Waals surface area contributed by atoms with E-state index in [0.717, 1.165) is 154 Å². The molecule has 4 N–H and O–H groups in total. The van der Waals surface area contributed by atoms with Crippen molar-refractivity contribution in [1.29, 1.82) is 0 Å². The highest BCUT2D eigenvalue weighted by Crippen LogP contribution is 2.47. The second kappa shape index (κ2) is 37.0. The maximum absolute atomic E-state index is 14.1. The van der Waals surface area contributed by atoms with Gasteiger partial charge in [-0.1, -0.05) is 86.3 Å². The molecule has 3 aliphatic heterocycles. The normalized spacial score (nSPS) is 18.4. The van der Waals surface area contributed by atoms with Crippen LogP contribution in [0, 0.1) is 42.9 Å². The van der Waals surface area contributed by atoms with Gasteiger partial charge in [-0.05, 0) is 224 Å². The van der Waals surface area contributed by atoms with Gasteiger partial charge in [-0.15, -0.1) is 0 Å². The Hall–Kier alpha value is -11.5. The van der Waals surface area contributed by atoms with Gasteiger partial charge in [-0.2, -0.15) is 0 Å². The van der Waals surface area contributed by atoms with Crippen LogP contribution in [0.5, 0.6) is 23.0 Å². The highest BCUT2D eigenvalue weighted by atomic mass is 35.5. The number of hydrogen-bond acceptors (Lipinski definition) is 20. The van der Waals surface area contributed by atoms with Crippen molar-refractivity contribution in [1.82, 2.24) is 49.0 Å². The van der Waals surface area contributed by atoms with Crippen LogP contribution in [-0.2, 0) is 55.3 Å². The van der Waals surface area contributed by atoms with E-state index in [4.69, 9.17) is 32.7 Å². The summed E-state index contributed by atoms with van der Waals surface area (Å²) in [7, 11) is -5.94. The summed E-state index contributed by atoms with van der Waals surface area (Å²) in [5.74, 6) is -1.52. The number of aromatic amines is 2. The molecule has 0 spiro atoms. The molecule has 2 atom stereocenters. The van der Waals surface area contributed by atoms with E-state index >= 15 is 0 Å². The van der Waals surface area contributed by atoms with Gasteiger partial charge in [0.2, 0.25) is 11.8 Å². The van der Waals surface area contributed by atoms with Gasteiger partial charge in [-0.25, -0.2) is 36.2 Å². The largest absolute Gasteiger partial charge is 0.455 e. The molecule has 664 valence electrons. The fourth-order valence-electron chi connectivity index (χ4n) is 18.9. The maximum Gasteiger partial charge on any atom is 0.274 e. The average Bonchev–Trinajstić information content (AvgIpc) is 1.66. The topological polar surface area (TPSA) is 342 Å². The third-order valence-electron chi connectivity index (χ3n) is 25.9. The molecule has 32 heteroatoms. The monoisotopic (exact) mass is 1800 g/mol. The first kappa shape index (κ1) is 88.9. The molecule has 0 unspecified atom stereocenters. The number of carbonyl (C=O) groups is 4. The number of H-pyrrole nitrogens is 2. The molecule has 3 fully saturated rings. The highest BCUT2D eigenvalue weighted by molar-refractivity contribution is 7.90. The zero-order valence-corrected chi connectivity index (χ0v) is 75.2. The summed E-state index contributed by atoms with van der Waals surface area (Å²) in [5.41, 5.74) is 12.5. The third kappa shape index (κ3) is 20.7. The Morgan fingerprint density at radius 2 is 0.945 bits per heavy atom. The molecule has 4 aromatic heterocycles. The molecular weight excluding hydrogens is 1700 g/mol. The fraction of sp³-hybridized carbons (Fsp3) is 0.389. The van der Waals surface area contributed by atoms with Crippen LogP contribution in [0.2, 0.25) is 10.0 Å². The number of rotatable bonds is 24. The molecule has 4 amide bonds. The number of nitrogens with one attached hydrogen (secondary N) is 4. The summed E-state index contributed by atoms with van der Waals surface area (Å²) in [6, 6.07) is 38.4. The first-order valence-electron chi connectivity index (χ1n) is 43.3. The number of hydrogen-bond donors (Lipinski definition) is 4. The second-order valence-electron chi connectivity index (χ2n) is 36.4. The van der Waals surface area contributed by atoms with Crippen LogP contribution in [0.4, 0.5) is 22.7 Å². The predicted octanol–water partition coefficient (Wildman–Crippen LogP) is 17.0. The van der Waals surface area contributed by atoms with Crippen LogP contribution in [0.1, 0.15) is 152 Å². The molecule has 0 saturated carbocycles. The number of piperidine rings is 1. The van der Waals surface area contributed by atoms with Crippen LogP contribution >= 0.6 is 23.2 Å². The molecule has 3 saturated heterocycles. The van der Waals surface area contributed by atoms with Gasteiger partial charge in [-0.3, -0.25) is 49.2 Å². The number of allylic oxidation sites excluding steroid dienone is 2. The molecule has 4 aliphatic carbocycles. The van der Waals surface area contributed by atoms with Crippen LogP contribution in [-0.4, -0.2) is 182 Å². The lowest BCUT2D eigenvalue weighted by molar-refractivity contribution is -0.385. The Balaban J connectivity index is 0.000000187. The molecule has 10 aromatic rings. The van der Waals surface area contributed by atoms with Crippen LogP contribution in [0.3, 0.4) is 0 Å². The van der Waals surface area contributed by atoms with Crippen LogP contribution in [0.25, 0.3) is 33.2 Å². The smallest absolute Gasteiger partial charge is 0.274 e. The van der Waals surface area contributed by atoms with E-state index < -0.39 is 51.5 Å². The van der Waals surface area contributed by atoms with E-state index in [0.29, 0.717) is 90.5 Å². The zero-order valence-electron chi connectivity index (χ0n) is 72.0. The number of ether oxygens (including phenoxy) is 2. The lowest BCUT2D eigenvalue weighted by Gasteiger charge is -2.39. The van der Waals surface area contributed by atoms with Gasteiger partial charge in [0.15, 0.2) is 0 Å². The Kier molecular flexibility index (Phi) is 25.9. The van der Waals surface area contributed by atoms with E-state index in [1.807, 2.05) is 41.3 Å². The van der Waals surface area contributed by atoms with Crippen molar-refractivity contribution in [2.45, 2.75) is 134 Å². The van der Waals surface area contributed by atoms with Gasteiger partial charge in [0.05, 0.1) is 43.2 Å². The number of aromatic nitrogens is 4. The summed E-state index contributed by atoms with van der Waals surface area (Å²) in [4.78, 5) is 104. The number of amides is 4. The summed E-state index contributed by atoms with van der Waals surface area (Å²) in [6.07, 6.45) is 17.5. The molecule has 28 nitrogen and oxygen atoms in total. The summed E-state index contributed by atoms with van der Waals surface area (Å²) >= 11 is 12.5. The SMILES string of the molecule is CC1(C)CCC(CN2CCN(c3ccc(C(=O)NS(=O)(=O)c4cc5c(c([N+](=O)[O-])c4)C[C@H](CC(=O)N4CCCCC4)C5)c(Oc4cnc5[nH]ccc5c4)c3)CC2)=C(c2ccc(Cl)cc2)C1.CN(C)C(=O)C[C@@H]1Cc2cc(S(=O)(=O)NC(=O)c3ccc(N4CCN(CC5=C(c6ccc(Cl)cc6)CC(C)(C)CC5)CC4)cc3Oc3cnc4[nH]ccc4c3)cc([N+](=O)[O-])c2C1. The van der Waals surface area contributed by atoms with Crippen molar-refractivity contribution < 1.29 is 55.3 Å². The van der Waals surface area contributed by atoms with Gasteiger partial charge >= 0.3 is 0 Å². The van der Waals surface area contributed by atoms with E-state index in [1.165, 1.54) is 68.9 Å². The van der Waals surface area contributed by atoms with E-state index in [9.17, 15) is 56.2 Å². The number of fused-ring (bicyclic) bond motifs is 4. The van der Waals surface area contributed by atoms with Crippen molar-refractivity contribution in [2.75, 3.05) is 102 Å². The maximum atomic E-state index is 14.1. The number of carbonyl (C=O) groups excluding carboxylic acids is 4. The Morgan fingerprint density at radius 1 is 0.528 bits per heavy atom. The Labute approximate surface area is 748 Å². The molecule has 127 heavy (non-hydrogen) atoms.